The van der Waals surface area contributed by atoms with E-state index in [1.165, 1.54) is 0 Å². The van der Waals surface area contributed by atoms with Crippen LogP contribution in [-0.2, 0) is 21.6 Å². The lowest BCUT2D eigenvalue weighted by molar-refractivity contribution is -0.131. The minimum atomic E-state index is -0.392. The molecule has 0 spiro atoms. The molecule has 1 atom stereocenters. The van der Waals surface area contributed by atoms with Crippen molar-refractivity contribution in [2.75, 3.05) is 52.5 Å². The third-order valence-electron chi connectivity index (χ3n) is 5.81. The maximum absolute atomic E-state index is 12.1. The van der Waals surface area contributed by atoms with Gasteiger partial charge in [0.2, 0.25) is 5.91 Å². The molecule has 1 amide bonds. The number of carbonyl (C=O) groups is 1. The monoisotopic (exact) mass is 393 g/mol. The van der Waals surface area contributed by atoms with Crippen molar-refractivity contribution in [2.24, 2.45) is 5.92 Å². The Kier molecular flexibility index (Phi) is 7.36. The Morgan fingerprint density at radius 3 is 2.75 bits per heavy atom. The molecule has 0 aromatic carbocycles. The van der Waals surface area contributed by atoms with Gasteiger partial charge in [-0.05, 0) is 35.6 Å². The third kappa shape index (κ3) is 5.27. The number of aryl methyl sites for hydroxylation is 1. The van der Waals surface area contributed by atoms with E-state index in [0.29, 0.717) is 12.5 Å². The normalized spacial score (nSPS) is 24.1. The van der Waals surface area contributed by atoms with Crippen LogP contribution in [0.3, 0.4) is 0 Å². The van der Waals surface area contributed by atoms with Gasteiger partial charge in [0.05, 0.1) is 18.8 Å². The Bertz CT molecular complexity index is 630. The summed E-state index contributed by atoms with van der Waals surface area (Å²) in [5.41, 5.74) is -0.392. The van der Waals surface area contributed by atoms with Crippen molar-refractivity contribution < 1.29 is 9.53 Å². The predicted octanol–water partition coefficient (Wildman–Crippen LogP) is 0.479. The van der Waals surface area contributed by atoms with Crippen LogP contribution in [-0.4, -0.2) is 88.4 Å². The molecule has 2 aliphatic heterocycles. The van der Waals surface area contributed by atoms with Crippen molar-refractivity contribution in [2.45, 2.75) is 52.1 Å². The van der Waals surface area contributed by atoms with Crippen LogP contribution in [0.25, 0.3) is 0 Å². The van der Waals surface area contributed by atoms with Crippen molar-refractivity contribution in [3.63, 3.8) is 0 Å². The minimum Gasteiger partial charge on any atom is -0.379 e. The van der Waals surface area contributed by atoms with Gasteiger partial charge in [0.1, 0.15) is 0 Å². The minimum absolute atomic E-state index is 0.111. The molecule has 2 aliphatic rings. The van der Waals surface area contributed by atoms with E-state index in [-0.39, 0.29) is 5.91 Å². The van der Waals surface area contributed by atoms with Crippen LogP contribution in [0.2, 0.25) is 0 Å². The highest BCUT2D eigenvalue weighted by Gasteiger charge is 2.42. The lowest BCUT2D eigenvalue weighted by Gasteiger charge is -2.42. The van der Waals surface area contributed by atoms with Crippen LogP contribution in [0.1, 0.15) is 45.9 Å². The first-order chi connectivity index (χ1) is 13.5. The smallest absolute Gasteiger partial charge is 0.219 e. The summed E-state index contributed by atoms with van der Waals surface area (Å²) in [5, 5.41) is 16.4. The molecule has 9 nitrogen and oxygen atoms in total. The maximum Gasteiger partial charge on any atom is 0.219 e. The van der Waals surface area contributed by atoms with E-state index in [1.54, 1.807) is 6.92 Å². The van der Waals surface area contributed by atoms with Gasteiger partial charge in [-0.15, -0.1) is 5.10 Å². The van der Waals surface area contributed by atoms with Gasteiger partial charge in [-0.1, -0.05) is 13.8 Å². The molecule has 2 fully saturated rings. The van der Waals surface area contributed by atoms with E-state index in [1.807, 2.05) is 9.58 Å². The Labute approximate surface area is 167 Å². The number of hydrogen-bond donors (Lipinski definition) is 1. The lowest BCUT2D eigenvalue weighted by Crippen LogP contribution is -2.58. The SMILES string of the molecule is CC(=O)N1CCC[C@@](NCCN2CCOCC2)(c2nnnn2CCC(C)C)C1. The summed E-state index contributed by atoms with van der Waals surface area (Å²) in [7, 11) is 0. The fourth-order valence-electron chi connectivity index (χ4n) is 4.09. The Hall–Kier alpha value is -1.58. The summed E-state index contributed by atoms with van der Waals surface area (Å²) in [5.74, 6) is 1.56. The van der Waals surface area contributed by atoms with Gasteiger partial charge >= 0.3 is 0 Å². The molecule has 158 valence electrons. The summed E-state index contributed by atoms with van der Waals surface area (Å²) in [6.45, 7) is 13.6. The molecule has 1 N–H and O–H groups in total. The quantitative estimate of drug-likeness (QED) is 0.687. The van der Waals surface area contributed by atoms with E-state index in [0.717, 1.165) is 77.6 Å². The van der Waals surface area contributed by atoms with Crippen LogP contribution in [0.4, 0.5) is 0 Å². The van der Waals surface area contributed by atoms with Crippen molar-refractivity contribution in [3.05, 3.63) is 5.82 Å². The van der Waals surface area contributed by atoms with Gasteiger partial charge in [-0.3, -0.25) is 9.69 Å². The molecule has 0 aliphatic carbocycles. The fourth-order valence-corrected chi connectivity index (χ4v) is 4.09. The number of nitrogens with one attached hydrogen (secondary N) is 1. The molecular weight excluding hydrogens is 358 g/mol. The molecule has 28 heavy (non-hydrogen) atoms. The number of ether oxygens (including phenoxy) is 1. The highest BCUT2D eigenvalue weighted by Crippen LogP contribution is 2.30. The summed E-state index contributed by atoms with van der Waals surface area (Å²) < 4.78 is 7.38. The summed E-state index contributed by atoms with van der Waals surface area (Å²) >= 11 is 0. The summed E-state index contributed by atoms with van der Waals surface area (Å²) in [6, 6.07) is 0. The number of amides is 1. The second-order valence-electron chi connectivity index (χ2n) is 8.42. The van der Waals surface area contributed by atoms with E-state index >= 15 is 0 Å². The van der Waals surface area contributed by atoms with Crippen LogP contribution >= 0.6 is 0 Å². The van der Waals surface area contributed by atoms with Gasteiger partial charge in [-0.25, -0.2) is 4.68 Å². The first-order valence-electron chi connectivity index (χ1n) is 10.6. The Morgan fingerprint density at radius 1 is 1.25 bits per heavy atom. The Morgan fingerprint density at radius 2 is 2.04 bits per heavy atom. The molecule has 0 unspecified atom stereocenters. The molecule has 0 bridgehead atoms. The van der Waals surface area contributed by atoms with Crippen LogP contribution in [0, 0.1) is 5.92 Å². The number of rotatable bonds is 8. The maximum atomic E-state index is 12.1. The number of nitrogens with zero attached hydrogens (tertiary/aromatic N) is 6. The lowest BCUT2D eigenvalue weighted by atomic mass is 9.87. The average Bonchev–Trinajstić information content (AvgIpc) is 3.17. The Balaban J connectivity index is 1.74. The number of carbonyl (C=O) groups excluding carboxylic acids is 1. The van der Waals surface area contributed by atoms with Crippen LogP contribution < -0.4 is 5.32 Å². The number of piperidine rings is 1. The van der Waals surface area contributed by atoms with Gasteiger partial charge in [-0.2, -0.15) is 0 Å². The average molecular weight is 394 g/mol. The second-order valence-corrected chi connectivity index (χ2v) is 8.42. The van der Waals surface area contributed by atoms with Gasteiger partial charge in [0.15, 0.2) is 5.82 Å². The van der Waals surface area contributed by atoms with Gasteiger partial charge in [0.25, 0.3) is 0 Å². The van der Waals surface area contributed by atoms with Gasteiger partial charge < -0.3 is 15.0 Å². The zero-order valence-corrected chi connectivity index (χ0v) is 17.6. The van der Waals surface area contributed by atoms with Gasteiger partial charge in [0, 0.05) is 52.7 Å². The fraction of sp³-hybridized carbons (Fsp3) is 0.895. The molecule has 0 radical (unpaired) electrons. The zero-order valence-electron chi connectivity index (χ0n) is 17.6. The number of morpholine rings is 1. The van der Waals surface area contributed by atoms with Crippen molar-refractivity contribution in [1.29, 1.82) is 0 Å². The molecule has 3 rings (SSSR count). The largest absolute Gasteiger partial charge is 0.379 e. The summed E-state index contributed by atoms with van der Waals surface area (Å²) in [6.07, 6.45) is 2.90. The van der Waals surface area contributed by atoms with Crippen LogP contribution in [0.15, 0.2) is 0 Å². The predicted molar refractivity (Wildman–Crippen MR) is 106 cm³/mol. The topological polar surface area (TPSA) is 88.4 Å². The third-order valence-corrected chi connectivity index (χ3v) is 5.81. The molecular formula is C19H35N7O2. The number of tetrazole rings is 1. The number of aromatic nitrogens is 4. The van der Waals surface area contributed by atoms with Crippen molar-refractivity contribution >= 4 is 5.91 Å². The van der Waals surface area contributed by atoms with E-state index in [9.17, 15) is 4.79 Å². The highest BCUT2D eigenvalue weighted by molar-refractivity contribution is 5.73. The van der Waals surface area contributed by atoms with E-state index < -0.39 is 5.54 Å². The molecule has 1 aromatic rings. The second kappa shape index (κ2) is 9.76. The van der Waals surface area contributed by atoms with E-state index in [4.69, 9.17) is 4.74 Å². The standard InChI is InChI=1S/C19H35N7O2/c1-16(2)5-9-26-18(21-22-23-26)19(6-4-8-25(15-19)17(3)27)20-7-10-24-11-13-28-14-12-24/h16,20H,4-15H2,1-3H3/t19-/m0/s1. The highest BCUT2D eigenvalue weighted by atomic mass is 16.5. The first-order valence-corrected chi connectivity index (χ1v) is 10.6. The number of hydrogen-bond acceptors (Lipinski definition) is 7. The molecule has 0 saturated carbocycles. The summed E-state index contributed by atoms with van der Waals surface area (Å²) in [4.78, 5) is 16.4. The first kappa shape index (κ1) is 21.1. The van der Waals surface area contributed by atoms with Crippen LogP contribution in [0.5, 0.6) is 0 Å². The zero-order chi connectivity index (χ0) is 20.0. The van der Waals surface area contributed by atoms with E-state index in [2.05, 4.69) is 39.6 Å². The molecule has 3 heterocycles. The van der Waals surface area contributed by atoms with Crippen molar-refractivity contribution in [1.82, 2.24) is 35.3 Å². The number of likely N-dealkylation sites (tertiary alicyclic amines) is 1. The molecule has 1 aromatic heterocycles. The molecule has 2 saturated heterocycles. The molecule has 9 heteroatoms. The van der Waals surface area contributed by atoms with Crippen molar-refractivity contribution in [3.8, 4) is 0 Å².